The van der Waals surface area contributed by atoms with Crippen molar-refractivity contribution in [1.29, 1.82) is 0 Å². The van der Waals surface area contributed by atoms with Gasteiger partial charge in [-0.2, -0.15) is 0 Å². The third-order valence-electron chi connectivity index (χ3n) is 6.89. The zero-order valence-corrected chi connectivity index (χ0v) is 29.0. The summed E-state index contributed by atoms with van der Waals surface area (Å²) in [6.07, 6.45) is -7.91. The van der Waals surface area contributed by atoms with Crippen LogP contribution in [0.4, 0.5) is 74.6 Å². The molecule has 0 spiro atoms. The van der Waals surface area contributed by atoms with E-state index < -0.39 is 88.1 Å². The maximum atomic E-state index is 15.2. The van der Waals surface area contributed by atoms with Gasteiger partial charge < -0.3 is 0 Å². The van der Waals surface area contributed by atoms with Crippen LogP contribution in [-0.2, 0) is 23.5 Å². The summed E-state index contributed by atoms with van der Waals surface area (Å²) < 4.78 is 266. The van der Waals surface area contributed by atoms with Gasteiger partial charge in [-0.25, -0.2) is 0 Å². The molecule has 50 heavy (non-hydrogen) atoms. The SMILES string of the molecule is CC(C)(C)c1ccccc1I(OS(=O)(=O)C(F)(F)C(F)(F)C(F)(F)C(F)(F)C(F)(F)C(F)(F)C(F)(F)C(F)(F)F)c1ccccc1C(C)(C)C. The second-order valence-corrected chi connectivity index (χ2v) is 19.1. The van der Waals surface area contributed by atoms with Crippen molar-refractivity contribution in [2.24, 2.45) is 0 Å². The van der Waals surface area contributed by atoms with E-state index in [4.69, 9.17) is 0 Å². The predicted molar refractivity (Wildman–Crippen MR) is 152 cm³/mol. The first kappa shape index (κ1) is 44.1. The van der Waals surface area contributed by atoms with E-state index in [-0.39, 0.29) is 18.3 Å². The number of rotatable bonds is 11. The number of benzene rings is 2. The molecule has 0 aliphatic carbocycles. The topological polar surface area (TPSA) is 43.4 Å². The van der Waals surface area contributed by atoms with Gasteiger partial charge in [0, 0.05) is 0 Å². The monoisotopic (exact) mass is 892 g/mol. The number of hydrogen-bond donors (Lipinski definition) is 0. The standard InChI is InChI=1S/C28H26F17IO3S/c1-19(2,3)15-11-7-9-13-17(15)46(18-14-10-8-12-16(18)20(4,5)6)49-50(47,48)28(44,45)26(39,40)24(35,36)22(31,32)21(29,30)23(33,34)25(37,38)27(41,42)43/h7-14H,1-6H3. The molecule has 0 atom stereocenters. The van der Waals surface area contributed by atoms with Crippen LogP contribution in [0.25, 0.3) is 0 Å². The van der Waals surface area contributed by atoms with Gasteiger partial charge in [-0.1, -0.05) is 0 Å². The van der Waals surface area contributed by atoms with Crippen LogP contribution in [0.5, 0.6) is 0 Å². The van der Waals surface area contributed by atoms with E-state index in [0.717, 1.165) is 12.1 Å². The number of alkyl halides is 17. The Balaban J connectivity index is 2.89. The summed E-state index contributed by atoms with van der Waals surface area (Å²) in [5.74, 6) is -52.2. The second-order valence-electron chi connectivity index (χ2n) is 12.7. The van der Waals surface area contributed by atoms with Crippen molar-refractivity contribution in [2.75, 3.05) is 0 Å². The van der Waals surface area contributed by atoms with E-state index in [9.17, 15) is 74.3 Å². The average Bonchev–Trinajstić information content (AvgIpc) is 2.93. The van der Waals surface area contributed by atoms with Gasteiger partial charge >= 0.3 is 282 Å². The van der Waals surface area contributed by atoms with Gasteiger partial charge in [-0.3, -0.25) is 0 Å². The number of hydrogen-bond acceptors (Lipinski definition) is 3. The Labute approximate surface area is 281 Å². The Bertz CT molecular complexity index is 1600. The third-order valence-corrected chi connectivity index (χ3v) is 14.6. The van der Waals surface area contributed by atoms with Gasteiger partial charge in [0.05, 0.1) is 0 Å². The zero-order chi connectivity index (χ0) is 39.8. The molecule has 288 valence electrons. The molecule has 0 N–H and O–H groups in total. The molecule has 0 bridgehead atoms. The van der Waals surface area contributed by atoms with Gasteiger partial charge in [-0.15, -0.1) is 0 Å². The van der Waals surface area contributed by atoms with Crippen molar-refractivity contribution in [1.82, 2.24) is 0 Å². The van der Waals surface area contributed by atoms with Gasteiger partial charge in [0.1, 0.15) is 0 Å². The molecule has 2 aromatic rings. The van der Waals surface area contributed by atoms with Crippen molar-refractivity contribution in [2.45, 2.75) is 99.3 Å². The molecule has 0 saturated carbocycles. The van der Waals surface area contributed by atoms with Gasteiger partial charge in [0.2, 0.25) is 0 Å². The normalized spacial score (nSPS) is 15.7. The maximum absolute atomic E-state index is 15.2. The van der Waals surface area contributed by atoms with Crippen LogP contribution in [0.15, 0.2) is 48.5 Å². The van der Waals surface area contributed by atoms with E-state index in [0.29, 0.717) is 0 Å². The van der Waals surface area contributed by atoms with E-state index in [2.05, 4.69) is 2.51 Å². The zero-order valence-electron chi connectivity index (χ0n) is 26.1. The van der Waals surface area contributed by atoms with E-state index in [1.54, 1.807) is 0 Å². The number of halogens is 18. The van der Waals surface area contributed by atoms with Crippen molar-refractivity contribution in [3.8, 4) is 0 Å². The van der Waals surface area contributed by atoms with Crippen LogP contribution >= 0.6 is 20.2 Å². The molecule has 0 aliphatic heterocycles. The van der Waals surface area contributed by atoms with Crippen LogP contribution in [0.3, 0.4) is 0 Å². The summed E-state index contributed by atoms with van der Waals surface area (Å²) in [5, 5.41) is -7.78. The van der Waals surface area contributed by atoms with Crippen LogP contribution in [0.1, 0.15) is 52.7 Å². The molecule has 0 aromatic heterocycles. The predicted octanol–water partition coefficient (Wildman–Crippen LogP) is 11.1. The van der Waals surface area contributed by atoms with Crippen molar-refractivity contribution in [3.05, 3.63) is 66.8 Å². The van der Waals surface area contributed by atoms with Gasteiger partial charge in [-0.05, 0) is 0 Å². The summed E-state index contributed by atoms with van der Waals surface area (Å²) >= 11 is -4.81. The molecular formula is C28H26F17IO3S. The van der Waals surface area contributed by atoms with Gasteiger partial charge in [0.15, 0.2) is 0 Å². The first-order valence-electron chi connectivity index (χ1n) is 13.4. The van der Waals surface area contributed by atoms with E-state index >= 15 is 8.78 Å². The molecule has 2 aromatic carbocycles. The molecular weight excluding hydrogens is 866 g/mol. The Hall–Kier alpha value is -2.11. The summed E-state index contributed by atoms with van der Waals surface area (Å²) in [6, 6.07) is 9.83. The Morgan fingerprint density at radius 1 is 0.460 bits per heavy atom. The summed E-state index contributed by atoms with van der Waals surface area (Å²) in [4.78, 5) is 0. The van der Waals surface area contributed by atoms with Crippen LogP contribution in [0.2, 0.25) is 0 Å². The quantitative estimate of drug-likeness (QED) is 0.167. The molecule has 0 aliphatic rings. The molecule has 0 heterocycles. The first-order valence-corrected chi connectivity index (χ1v) is 17.8. The summed E-state index contributed by atoms with van der Waals surface area (Å²) in [7, 11) is -7.80. The second kappa shape index (κ2) is 12.8. The van der Waals surface area contributed by atoms with Crippen LogP contribution in [0, 0.1) is 7.14 Å². The third kappa shape index (κ3) is 6.77. The molecule has 0 radical (unpaired) electrons. The van der Waals surface area contributed by atoms with Gasteiger partial charge in [0.25, 0.3) is 0 Å². The molecule has 22 heteroatoms. The van der Waals surface area contributed by atoms with Crippen molar-refractivity contribution in [3.63, 3.8) is 0 Å². The Morgan fingerprint density at radius 2 is 0.740 bits per heavy atom. The van der Waals surface area contributed by atoms with Crippen LogP contribution < -0.4 is 0 Å². The molecule has 0 saturated heterocycles. The van der Waals surface area contributed by atoms with E-state index in [1.807, 2.05) is 0 Å². The van der Waals surface area contributed by atoms with E-state index in [1.165, 1.54) is 77.9 Å². The molecule has 3 nitrogen and oxygen atoms in total. The minimum absolute atomic E-state index is 0.100. The fourth-order valence-corrected chi connectivity index (χ4v) is 12.9. The Morgan fingerprint density at radius 3 is 1.04 bits per heavy atom. The summed E-state index contributed by atoms with van der Waals surface area (Å²) in [5.41, 5.74) is -1.87. The average molecular weight is 892 g/mol. The molecule has 0 unspecified atom stereocenters. The molecule has 0 fully saturated rings. The van der Waals surface area contributed by atoms with Crippen molar-refractivity contribution < 1.29 is 85.6 Å². The fraction of sp³-hybridized carbons (Fsp3) is 0.571. The van der Waals surface area contributed by atoms with Crippen LogP contribution in [-0.4, -0.2) is 55.4 Å². The minimum atomic E-state index is -8.93. The molecule has 0 amide bonds. The fourth-order valence-electron chi connectivity index (χ4n) is 4.04. The molecule has 2 rings (SSSR count). The summed E-state index contributed by atoms with van der Waals surface area (Å²) in [6.45, 7) is 8.96. The van der Waals surface area contributed by atoms with Crippen molar-refractivity contribution >= 4 is 30.4 Å². The first-order chi connectivity index (χ1) is 21.8. The Kier molecular flexibility index (Phi) is 11.3.